The van der Waals surface area contributed by atoms with Gasteiger partial charge in [0.15, 0.2) is 0 Å². The largest absolute Gasteiger partial charge is 0.337 e. The lowest BCUT2D eigenvalue weighted by Crippen LogP contribution is -2.32. The molecule has 4 heteroatoms. The number of amides is 1. The van der Waals surface area contributed by atoms with Gasteiger partial charge in [0.25, 0.3) is 5.91 Å². The molecule has 1 aromatic rings. The van der Waals surface area contributed by atoms with Gasteiger partial charge in [-0.1, -0.05) is 25.4 Å². The summed E-state index contributed by atoms with van der Waals surface area (Å²) in [5.74, 6) is 1.43. The monoisotopic (exact) mass is 280 g/mol. The van der Waals surface area contributed by atoms with Crippen LogP contribution in [0.2, 0.25) is 5.02 Å². The van der Waals surface area contributed by atoms with Gasteiger partial charge < -0.3 is 4.90 Å². The average molecular weight is 281 g/mol. The summed E-state index contributed by atoms with van der Waals surface area (Å²) >= 11 is 5.91. The molecule has 1 atom stereocenters. The highest BCUT2D eigenvalue weighted by molar-refractivity contribution is 6.30. The van der Waals surface area contributed by atoms with Crippen molar-refractivity contribution in [1.82, 2.24) is 9.88 Å². The molecule has 19 heavy (non-hydrogen) atoms. The maximum absolute atomic E-state index is 12.4. The van der Waals surface area contributed by atoms with E-state index in [1.807, 2.05) is 4.90 Å². The van der Waals surface area contributed by atoms with E-state index in [0.29, 0.717) is 16.6 Å². The van der Waals surface area contributed by atoms with Crippen molar-refractivity contribution in [3.63, 3.8) is 0 Å². The Morgan fingerprint density at radius 1 is 1.42 bits per heavy atom. The molecule has 0 saturated carbocycles. The van der Waals surface area contributed by atoms with E-state index in [0.717, 1.165) is 31.8 Å². The molecule has 1 fully saturated rings. The highest BCUT2D eigenvalue weighted by atomic mass is 35.5. The first kappa shape index (κ1) is 14.3. The molecule has 0 bridgehead atoms. The zero-order chi connectivity index (χ0) is 13.8. The normalized spacial score (nSPS) is 20.4. The molecule has 1 saturated heterocycles. The van der Waals surface area contributed by atoms with Gasteiger partial charge in [0.05, 0.1) is 0 Å². The van der Waals surface area contributed by atoms with Gasteiger partial charge in [0, 0.05) is 24.3 Å². The first-order chi connectivity index (χ1) is 9.08. The molecule has 1 aliphatic rings. The van der Waals surface area contributed by atoms with E-state index >= 15 is 0 Å². The van der Waals surface area contributed by atoms with Gasteiger partial charge in [-0.3, -0.25) is 9.78 Å². The minimum atomic E-state index is 0.00639. The van der Waals surface area contributed by atoms with Crippen molar-refractivity contribution in [2.24, 2.45) is 11.8 Å². The lowest BCUT2D eigenvalue weighted by molar-refractivity contribution is 0.0753. The number of likely N-dealkylation sites (tertiary alicyclic amines) is 1. The van der Waals surface area contributed by atoms with E-state index < -0.39 is 0 Å². The molecule has 1 aliphatic heterocycles. The summed E-state index contributed by atoms with van der Waals surface area (Å²) in [7, 11) is 0. The summed E-state index contributed by atoms with van der Waals surface area (Å²) in [6.07, 6.45) is 4.97. The van der Waals surface area contributed by atoms with Crippen molar-refractivity contribution in [2.45, 2.75) is 33.1 Å². The number of rotatable bonds is 2. The third kappa shape index (κ3) is 3.69. The Morgan fingerprint density at radius 3 is 2.89 bits per heavy atom. The molecule has 3 nitrogen and oxygen atoms in total. The predicted molar refractivity (Wildman–Crippen MR) is 77.3 cm³/mol. The van der Waals surface area contributed by atoms with Crippen LogP contribution in [0.3, 0.4) is 0 Å². The zero-order valence-electron chi connectivity index (χ0n) is 11.6. The number of carbonyl (C=O) groups is 1. The highest BCUT2D eigenvalue weighted by Crippen LogP contribution is 2.25. The molecule has 104 valence electrons. The van der Waals surface area contributed by atoms with E-state index in [9.17, 15) is 4.79 Å². The van der Waals surface area contributed by atoms with Crippen molar-refractivity contribution in [1.29, 1.82) is 0 Å². The Balaban J connectivity index is 2.04. The molecular weight excluding hydrogens is 260 g/mol. The van der Waals surface area contributed by atoms with Gasteiger partial charge >= 0.3 is 0 Å². The summed E-state index contributed by atoms with van der Waals surface area (Å²) in [5, 5.41) is 0.563. The molecule has 0 aromatic carbocycles. The van der Waals surface area contributed by atoms with Gasteiger partial charge in [0.1, 0.15) is 5.69 Å². The van der Waals surface area contributed by atoms with Crippen LogP contribution in [-0.2, 0) is 0 Å². The van der Waals surface area contributed by atoms with Crippen molar-refractivity contribution in [2.75, 3.05) is 13.1 Å². The molecule has 0 aliphatic carbocycles. The quantitative estimate of drug-likeness (QED) is 0.829. The number of carbonyl (C=O) groups excluding carboxylic acids is 1. The van der Waals surface area contributed by atoms with Crippen molar-refractivity contribution in [3.05, 3.63) is 29.0 Å². The van der Waals surface area contributed by atoms with E-state index in [-0.39, 0.29) is 5.91 Å². The van der Waals surface area contributed by atoms with Crippen molar-refractivity contribution < 1.29 is 4.79 Å². The SMILES string of the molecule is CC(C)C1CCCN(C(=O)c2cc(Cl)ccn2)CC1. The van der Waals surface area contributed by atoms with E-state index in [1.165, 1.54) is 6.42 Å². The van der Waals surface area contributed by atoms with Crippen LogP contribution in [0, 0.1) is 11.8 Å². The van der Waals surface area contributed by atoms with Crippen LogP contribution in [0.1, 0.15) is 43.6 Å². The summed E-state index contributed by atoms with van der Waals surface area (Å²) < 4.78 is 0. The van der Waals surface area contributed by atoms with Crippen LogP contribution in [-0.4, -0.2) is 28.9 Å². The maximum atomic E-state index is 12.4. The number of aromatic nitrogens is 1. The summed E-state index contributed by atoms with van der Waals surface area (Å²) in [4.78, 5) is 18.4. The molecule has 0 spiro atoms. The summed E-state index contributed by atoms with van der Waals surface area (Å²) in [6, 6.07) is 3.34. The number of hydrogen-bond donors (Lipinski definition) is 0. The Labute approximate surface area is 120 Å². The Bertz CT molecular complexity index is 448. The summed E-state index contributed by atoms with van der Waals surface area (Å²) in [6.45, 7) is 6.19. The van der Waals surface area contributed by atoms with Crippen LogP contribution >= 0.6 is 11.6 Å². The minimum Gasteiger partial charge on any atom is -0.337 e. The van der Waals surface area contributed by atoms with E-state index in [4.69, 9.17) is 11.6 Å². The fourth-order valence-electron chi connectivity index (χ4n) is 2.68. The Kier molecular flexibility index (Phi) is 4.81. The molecule has 1 aromatic heterocycles. The molecule has 1 amide bonds. The second-order valence-electron chi connectivity index (χ2n) is 5.59. The van der Waals surface area contributed by atoms with Gasteiger partial charge in [-0.15, -0.1) is 0 Å². The van der Waals surface area contributed by atoms with Crippen LogP contribution in [0.5, 0.6) is 0 Å². The molecule has 2 heterocycles. The predicted octanol–water partition coefficient (Wildman–Crippen LogP) is 3.63. The number of pyridine rings is 1. The fourth-order valence-corrected chi connectivity index (χ4v) is 2.84. The van der Waals surface area contributed by atoms with E-state index in [2.05, 4.69) is 18.8 Å². The lowest BCUT2D eigenvalue weighted by atomic mass is 9.89. The molecule has 2 rings (SSSR count). The second-order valence-corrected chi connectivity index (χ2v) is 6.02. The average Bonchev–Trinajstić information content (AvgIpc) is 2.63. The highest BCUT2D eigenvalue weighted by Gasteiger charge is 2.23. The van der Waals surface area contributed by atoms with Crippen LogP contribution < -0.4 is 0 Å². The minimum absolute atomic E-state index is 0.00639. The van der Waals surface area contributed by atoms with Gasteiger partial charge in [-0.2, -0.15) is 0 Å². The maximum Gasteiger partial charge on any atom is 0.272 e. The summed E-state index contributed by atoms with van der Waals surface area (Å²) in [5.41, 5.74) is 0.454. The number of hydrogen-bond acceptors (Lipinski definition) is 2. The van der Waals surface area contributed by atoms with Crippen LogP contribution in [0.4, 0.5) is 0 Å². The number of nitrogens with zero attached hydrogens (tertiary/aromatic N) is 2. The first-order valence-corrected chi connectivity index (χ1v) is 7.36. The topological polar surface area (TPSA) is 33.2 Å². The zero-order valence-corrected chi connectivity index (χ0v) is 12.4. The Hall–Kier alpha value is -1.09. The molecule has 0 N–H and O–H groups in total. The van der Waals surface area contributed by atoms with Gasteiger partial charge in [0.2, 0.25) is 0 Å². The van der Waals surface area contributed by atoms with Crippen LogP contribution in [0.15, 0.2) is 18.3 Å². The molecule has 0 radical (unpaired) electrons. The lowest BCUT2D eigenvalue weighted by Gasteiger charge is -2.21. The molecule has 1 unspecified atom stereocenters. The van der Waals surface area contributed by atoms with E-state index in [1.54, 1.807) is 18.3 Å². The molecular formula is C15H21ClN2O. The van der Waals surface area contributed by atoms with Gasteiger partial charge in [-0.25, -0.2) is 0 Å². The standard InChI is InChI=1S/C15H21ClN2O/c1-11(2)12-4-3-8-18(9-6-12)15(19)14-10-13(16)5-7-17-14/h5,7,10-12H,3-4,6,8-9H2,1-2H3. The third-order valence-corrected chi connectivity index (χ3v) is 4.18. The van der Waals surface area contributed by atoms with Crippen LogP contribution in [0.25, 0.3) is 0 Å². The first-order valence-electron chi connectivity index (χ1n) is 6.98. The third-order valence-electron chi connectivity index (χ3n) is 3.94. The smallest absolute Gasteiger partial charge is 0.272 e. The number of halogens is 1. The Morgan fingerprint density at radius 2 is 2.21 bits per heavy atom. The second kappa shape index (κ2) is 6.38. The fraction of sp³-hybridized carbons (Fsp3) is 0.600. The van der Waals surface area contributed by atoms with Gasteiger partial charge in [-0.05, 0) is 43.2 Å². The van der Waals surface area contributed by atoms with Crippen molar-refractivity contribution >= 4 is 17.5 Å². The van der Waals surface area contributed by atoms with Crippen molar-refractivity contribution in [3.8, 4) is 0 Å².